The maximum absolute atomic E-state index is 13.2. The lowest BCUT2D eigenvalue weighted by atomic mass is 9.81. The van der Waals surface area contributed by atoms with Gasteiger partial charge < -0.3 is 19.5 Å². The fraction of sp³-hybridized carbons (Fsp3) is 0.400. The lowest BCUT2D eigenvalue weighted by Gasteiger charge is -2.32. The Bertz CT molecular complexity index is 911. The van der Waals surface area contributed by atoms with Crippen LogP contribution in [0.2, 0.25) is 0 Å². The number of benzene rings is 2. The summed E-state index contributed by atoms with van der Waals surface area (Å²) in [6, 6.07) is 12.5. The molecule has 158 valence electrons. The summed E-state index contributed by atoms with van der Waals surface area (Å²) < 4.78 is 55.7. The molecule has 0 saturated carbocycles. The fourth-order valence-corrected chi connectivity index (χ4v) is 3.42. The zero-order valence-corrected chi connectivity index (χ0v) is 16.8. The summed E-state index contributed by atoms with van der Waals surface area (Å²) in [5.41, 5.74) is 1.18. The molecule has 0 bridgehead atoms. The van der Waals surface area contributed by atoms with E-state index in [1.54, 1.807) is 0 Å². The molecule has 0 radical (unpaired) electrons. The molecule has 0 aromatic heterocycles. The highest BCUT2D eigenvalue weighted by Gasteiger charge is 2.27. The Morgan fingerprint density at radius 1 is 1.17 bits per heavy atom. The van der Waals surface area contributed by atoms with Gasteiger partial charge in [-0.05, 0) is 48.7 Å². The Labute approximate surface area is 169 Å². The highest BCUT2D eigenvalue weighted by molar-refractivity contribution is 7.85. The van der Waals surface area contributed by atoms with Gasteiger partial charge in [0.1, 0.15) is 11.6 Å². The van der Waals surface area contributed by atoms with Gasteiger partial charge in [-0.25, -0.2) is 4.39 Å². The molecule has 0 unspecified atom stereocenters. The molecule has 2 aromatic carbocycles. The summed E-state index contributed by atoms with van der Waals surface area (Å²) in [6.45, 7) is 2.74. The molecule has 9 heteroatoms. The normalized spacial score (nSPS) is 20.5. The average Bonchev–Trinajstić information content (AvgIpc) is 3.14. The van der Waals surface area contributed by atoms with Crippen molar-refractivity contribution in [2.75, 3.05) is 32.7 Å². The molecule has 29 heavy (non-hydrogen) atoms. The van der Waals surface area contributed by atoms with E-state index in [4.69, 9.17) is 18.8 Å². The number of hydrogen-bond acceptors (Lipinski definition) is 6. The van der Waals surface area contributed by atoms with E-state index in [0.29, 0.717) is 24.7 Å². The molecule has 0 spiro atoms. The third-order valence-electron chi connectivity index (χ3n) is 4.71. The third-order valence-corrected chi connectivity index (χ3v) is 4.71. The quantitative estimate of drug-likeness (QED) is 0.728. The van der Waals surface area contributed by atoms with Gasteiger partial charge in [0.2, 0.25) is 6.79 Å². The van der Waals surface area contributed by atoms with E-state index < -0.39 is 10.1 Å². The molecule has 1 saturated heterocycles. The molecule has 4 rings (SSSR count). The molecule has 0 amide bonds. The Balaban J connectivity index is 0.000000431. The maximum atomic E-state index is 13.2. The summed E-state index contributed by atoms with van der Waals surface area (Å²) in [5.74, 6) is 2.79. The van der Waals surface area contributed by atoms with Crippen LogP contribution < -0.4 is 19.5 Å². The van der Waals surface area contributed by atoms with Crippen molar-refractivity contribution in [1.29, 1.82) is 0 Å². The monoisotopic (exact) mass is 425 g/mol. The zero-order valence-electron chi connectivity index (χ0n) is 16.0. The van der Waals surface area contributed by atoms with Crippen LogP contribution in [0.3, 0.4) is 0 Å². The second kappa shape index (κ2) is 9.43. The van der Waals surface area contributed by atoms with Gasteiger partial charge in [-0.15, -0.1) is 0 Å². The molecule has 2 aliphatic heterocycles. The van der Waals surface area contributed by atoms with Gasteiger partial charge in [0.05, 0.1) is 12.9 Å². The van der Waals surface area contributed by atoms with E-state index in [0.717, 1.165) is 36.8 Å². The van der Waals surface area contributed by atoms with Crippen LogP contribution >= 0.6 is 0 Å². The molecule has 2 aromatic rings. The Morgan fingerprint density at radius 2 is 1.86 bits per heavy atom. The van der Waals surface area contributed by atoms with Gasteiger partial charge in [0, 0.05) is 18.5 Å². The van der Waals surface area contributed by atoms with Crippen LogP contribution in [0.15, 0.2) is 42.5 Å². The molecular formula is C20H24FNO6S. The second-order valence-corrected chi connectivity index (χ2v) is 8.44. The fourth-order valence-electron chi connectivity index (χ4n) is 3.42. The van der Waals surface area contributed by atoms with Crippen molar-refractivity contribution < 1.29 is 31.6 Å². The molecule has 0 aliphatic carbocycles. The number of halogens is 1. The summed E-state index contributed by atoms with van der Waals surface area (Å²) in [6.07, 6.45) is 1.74. The van der Waals surface area contributed by atoms with Crippen LogP contribution in [-0.2, 0) is 10.1 Å². The third kappa shape index (κ3) is 6.59. The Hall–Kier alpha value is -2.36. The minimum absolute atomic E-state index is 0.194. The zero-order chi connectivity index (χ0) is 20.9. The molecule has 2 aliphatic rings. The summed E-state index contributed by atoms with van der Waals surface area (Å²) in [5, 5.41) is 3.43. The van der Waals surface area contributed by atoms with Crippen molar-refractivity contribution in [3.63, 3.8) is 0 Å². The number of ether oxygens (including phenoxy) is 3. The van der Waals surface area contributed by atoms with E-state index in [1.807, 2.05) is 30.3 Å². The lowest BCUT2D eigenvalue weighted by Crippen LogP contribution is -2.38. The predicted molar refractivity (Wildman–Crippen MR) is 106 cm³/mol. The first-order valence-corrected chi connectivity index (χ1v) is 11.1. The van der Waals surface area contributed by atoms with Gasteiger partial charge in [-0.1, -0.05) is 12.1 Å². The standard InChI is InChI=1S/C19H20FNO3.CH4O3S/c20-15-3-1-13(2-4-15)17-7-8-21-10-14(17)11-22-16-5-6-18-19(9-16)24-12-23-18;1-5(2,3)4/h1-6,9,14,17,21H,7-8,10-12H2;1H3,(H,2,3,4)/t14-,17-;/m1./s1. The largest absolute Gasteiger partial charge is 0.493 e. The number of rotatable bonds is 4. The summed E-state index contributed by atoms with van der Waals surface area (Å²) >= 11 is 0. The molecule has 7 nitrogen and oxygen atoms in total. The van der Waals surface area contributed by atoms with Crippen LogP contribution in [-0.4, -0.2) is 45.7 Å². The van der Waals surface area contributed by atoms with Crippen molar-refractivity contribution in [3.05, 3.63) is 53.8 Å². The van der Waals surface area contributed by atoms with Gasteiger partial charge in [-0.2, -0.15) is 8.42 Å². The highest BCUT2D eigenvalue weighted by Crippen LogP contribution is 2.36. The number of fused-ring (bicyclic) bond motifs is 1. The number of hydrogen-bond donors (Lipinski definition) is 2. The summed E-state index contributed by atoms with van der Waals surface area (Å²) in [7, 11) is -3.67. The van der Waals surface area contributed by atoms with Crippen molar-refractivity contribution in [2.45, 2.75) is 12.3 Å². The predicted octanol–water partition coefficient (Wildman–Crippen LogP) is 2.83. The average molecular weight is 425 g/mol. The molecule has 1 fully saturated rings. The van der Waals surface area contributed by atoms with Crippen LogP contribution in [0, 0.1) is 11.7 Å². The van der Waals surface area contributed by atoms with E-state index in [-0.39, 0.29) is 12.6 Å². The molecule has 2 heterocycles. The first-order valence-electron chi connectivity index (χ1n) is 9.20. The van der Waals surface area contributed by atoms with Gasteiger partial charge in [0.25, 0.3) is 10.1 Å². The van der Waals surface area contributed by atoms with Gasteiger partial charge in [0.15, 0.2) is 11.5 Å². The van der Waals surface area contributed by atoms with Crippen molar-refractivity contribution in [1.82, 2.24) is 5.32 Å². The molecule has 2 atom stereocenters. The first-order chi connectivity index (χ1) is 13.8. The Morgan fingerprint density at radius 3 is 2.59 bits per heavy atom. The van der Waals surface area contributed by atoms with E-state index in [2.05, 4.69) is 5.32 Å². The topological polar surface area (TPSA) is 94.1 Å². The molecule has 2 N–H and O–H groups in total. The smallest absolute Gasteiger partial charge is 0.261 e. The van der Waals surface area contributed by atoms with E-state index in [9.17, 15) is 12.8 Å². The molecular weight excluding hydrogens is 401 g/mol. The van der Waals surface area contributed by atoms with Crippen molar-refractivity contribution in [2.24, 2.45) is 5.92 Å². The first kappa shape index (κ1) is 21.4. The Kier molecular flexibility index (Phi) is 6.94. The van der Waals surface area contributed by atoms with Gasteiger partial charge in [-0.3, -0.25) is 4.55 Å². The maximum Gasteiger partial charge on any atom is 0.261 e. The lowest BCUT2D eigenvalue weighted by molar-refractivity contribution is 0.173. The van der Waals surface area contributed by atoms with Crippen LogP contribution in [0.1, 0.15) is 17.9 Å². The minimum atomic E-state index is -3.67. The SMILES string of the molecule is CS(=O)(=O)O.Fc1ccc([C@H]2CCNC[C@@H]2COc2ccc3c(c2)OCO3)cc1. The van der Waals surface area contributed by atoms with Crippen molar-refractivity contribution >= 4 is 10.1 Å². The van der Waals surface area contributed by atoms with E-state index in [1.165, 1.54) is 17.7 Å². The van der Waals surface area contributed by atoms with Crippen LogP contribution in [0.5, 0.6) is 17.2 Å². The van der Waals surface area contributed by atoms with Crippen LogP contribution in [0.4, 0.5) is 4.39 Å². The van der Waals surface area contributed by atoms with Crippen molar-refractivity contribution in [3.8, 4) is 17.2 Å². The summed E-state index contributed by atoms with van der Waals surface area (Å²) in [4.78, 5) is 0. The van der Waals surface area contributed by atoms with E-state index >= 15 is 0 Å². The van der Waals surface area contributed by atoms with Gasteiger partial charge >= 0.3 is 0 Å². The second-order valence-electron chi connectivity index (χ2n) is 6.97. The highest BCUT2D eigenvalue weighted by atomic mass is 32.2. The van der Waals surface area contributed by atoms with Crippen LogP contribution in [0.25, 0.3) is 0 Å². The number of piperidine rings is 1. The number of nitrogens with one attached hydrogen (secondary N) is 1. The minimum Gasteiger partial charge on any atom is -0.493 e.